The third-order valence-electron chi connectivity index (χ3n) is 5.32. The Morgan fingerprint density at radius 2 is 1.81 bits per heavy atom. The van der Waals surface area contributed by atoms with E-state index in [4.69, 9.17) is 9.72 Å². The first-order valence-corrected chi connectivity index (χ1v) is 9.14. The fraction of sp³-hybridized carbons (Fsp3) is 0.318. The van der Waals surface area contributed by atoms with Crippen molar-refractivity contribution in [3.63, 3.8) is 0 Å². The van der Waals surface area contributed by atoms with E-state index in [-0.39, 0.29) is 5.82 Å². The van der Waals surface area contributed by atoms with Crippen LogP contribution < -0.4 is 9.64 Å². The van der Waals surface area contributed by atoms with Gasteiger partial charge in [-0.1, -0.05) is 37.3 Å². The lowest BCUT2D eigenvalue weighted by molar-refractivity contribution is 0.416. The SMILES string of the molecule is COc1ccccc1-c1cnc(N2CCC(C)CC2)c2c(F)cccc12. The predicted molar refractivity (Wildman–Crippen MR) is 104 cm³/mol. The molecule has 3 nitrogen and oxygen atoms in total. The van der Waals surface area contributed by atoms with Crippen molar-refractivity contribution in [2.45, 2.75) is 19.8 Å². The lowest BCUT2D eigenvalue weighted by Gasteiger charge is -2.32. The number of benzene rings is 2. The minimum absolute atomic E-state index is 0.222. The second kappa shape index (κ2) is 6.94. The van der Waals surface area contributed by atoms with Gasteiger partial charge in [0, 0.05) is 30.4 Å². The summed E-state index contributed by atoms with van der Waals surface area (Å²) in [6, 6.07) is 13.1. The van der Waals surface area contributed by atoms with E-state index < -0.39 is 0 Å². The van der Waals surface area contributed by atoms with E-state index in [1.807, 2.05) is 36.5 Å². The Balaban J connectivity index is 1.90. The number of methoxy groups -OCH3 is 1. The standard InChI is InChI=1S/C22H23FN2O/c1-15-10-12-25(13-11-15)22-21-17(7-5-8-19(21)23)18(14-24-22)16-6-3-4-9-20(16)26-2/h3-9,14-15H,10-13H2,1-2H3. The molecular weight excluding hydrogens is 327 g/mol. The average molecular weight is 350 g/mol. The van der Waals surface area contributed by atoms with Gasteiger partial charge in [-0.25, -0.2) is 9.37 Å². The van der Waals surface area contributed by atoms with Crippen LogP contribution in [0, 0.1) is 11.7 Å². The van der Waals surface area contributed by atoms with Gasteiger partial charge in [0.15, 0.2) is 0 Å². The van der Waals surface area contributed by atoms with Crippen LogP contribution in [0.2, 0.25) is 0 Å². The van der Waals surface area contributed by atoms with Crippen LogP contribution >= 0.6 is 0 Å². The van der Waals surface area contributed by atoms with Crippen LogP contribution in [0.4, 0.5) is 10.2 Å². The minimum Gasteiger partial charge on any atom is -0.496 e. The summed E-state index contributed by atoms with van der Waals surface area (Å²) >= 11 is 0. The Labute approximate surface area is 153 Å². The molecule has 2 heterocycles. The highest BCUT2D eigenvalue weighted by Crippen LogP contribution is 2.39. The zero-order valence-electron chi connectivity index (χ0n) is 15.2. The van der Waals surface area contributed by atoms with Gasteiger partial charge in [0.1, 0.15) is 17.4 Å². The number of pyridine rings is 1. The summed E-state index contributed by atoms with van der Waals surface area (Å²) in [6.07, 6.45) is 4.09. The maximum absolute atomic E-state index is 14.9. The molecule has 0 radical (unpaired) electrons. The van der Waals surface area contributed by atoms with E-state index in [0.717, 1.165) is 59.9 Å². The molecule has 0 amide bonds. The third kappa shape index (κ3) is 2.90. The minimum atomic E-state index is -0.222. The molecule has 134 valence electrons. The zero-order valence-corrected chi connectivity index (χ0v) is 15.2. The van der Waals surface area contributed by atoms with E-state index >= 15 is 0 Å². The van der Waals surface area contributed by atoms with E-state index in [1.54, 1.807) is 13.2 Å². The molecule has 26 heavy (non-hydrogen) atoms. The van der Waals surface area contributed by atoms with Gasteiger partial charge >= 0.3 is 0 Å². The lowest BCUT2D eigenvalue weighted by atomic mass is 9.97. The van der Waals surface area contributed by atoms with Gasteiger partial charge < -0.3 is 9.64 Å². The summed E-state index contributed by atoms with van der Waals surface area (Å²) in [5.41, 5.74) is 1.82. The molecule has 1 aromatic heterocycles. The number of hydrogen-bond acceptors (Lipinski definition) is 3. The Bertz CT molecular complexity index is 933. The molecule has 0 spiro atoms. The van der Waals surface area contributed by atoms with Gasteiger partial charge in [-0.2, -0.15) is 0 Å². The largest absolute Gasteiger partial charge is 0.496 e. The number of para-hydroxylation sites is 1. The molecule has 1 aliphatic heterocycles. The average Bonchev–Trinajstić information content (AvgIpc) is 2.68. The summed E-state index contributed by atoms with van der Waals surface area (Å²) in [6.45, 7) is 4.12. The number of aromatic nitrogens is 1. The van der Waals surface area contributed by atoms with Gasteiger partial charge in [-0.05, 0) is 36.3 Å². The zero-order chi connectivity index (χ0) is 18.1. The second-order valence-corrected chi connectivity index (χ2v) is 7.03. The molecular formula is C22H23FN2O. The molecule has 0 saturated carbocycles. The molecule has 4 heteroatoms. The van der Waals surface area contributed by atoms with E-state index in [9.17, 15) is 4.39 Å². The first-order valence-electron chi connectivity index (χ1n) is 9.14. The van der Waals surface area contributed by atoms with Crippen LogP contribution in [0.25, 0.3) is 21.9 Å². The van der Waals surface area contributed by atoms with Gasteiger partial charge in [-0.15, -0.1) is 0 Å². The van der Waals surface area contributed by atoms with Crippen molar-refractivity contribution in [3.05, 3.63) is 54.5 Å². The number of nitrogens with zero attached hydrogens (tertiary/aromatic N) is 2. The fourth-order valence-electron chi connectivity index (χ4n) is 3.78. The van der Waals surface area contributed by atoms with Crippen LogP contribution in [-0.4, -0.2) is 25.2 Å². The molecule has 0 bridgehead atoms. The van der Waals surface area contributed by atoms with Crippen LogP contribution in [0.3, 0.4) is 0 Å². The van der Waals surface area contributed by atoms with E-state index in [2.05, 4.69) is 11.8 Å². The van der Waals surface area contributed by atoms with Gasteiger partial charge in [0.25, 0.3) is 0 Å². The fourth-order valence-corrected chi connectivity index (χ4v) is 3.78. The quantitative estimate of drug-likeness (QED) is 0.642. The highest BCUT2D eigenvalue weighted by Gasteiger charge is 2.22. The maximum Gasteiger partial charge on any atom is 0.139 e. The van der Waals surface area contributed by atoms with Crippen molar-refractivity contribution >= 4 is 16.6 Å². The monoisotopic (exact) mass is 350 g/mol. The highest BCUT2D eigenvalue weighted by molar-refractivity contribution is 6.03. The number of piperidine rings is 1. The topological polar surface area (TPSA) is 25.4 Å². The molecule has 1 aliphatic rings. The molecule has 0 unspecified atom stereocenters. The molecule has 1 fully saturated rings. The first-order chi connectivity index (χ1) is 12.7. The Kier molecular flexibility index (Phi) is 4.49. The summed E-state index contributed by atoms with van der Waals surface area (Å²) in [5.74, 6) is 2.01. The maximum atomic E-state index is 14.9. The summed E-state index contributed by atoms with van der Waals surface area (Å²) in [4.78, 5) is 6.92. The second-order valence-electron chi connectivity index (χ2n) is 7.03. The number of rotatable bonds is 3. The molecule has 1 saturated heterocycles. The summed E-state index contributed by atoms with van der Waals surface area (Å²) in [5, 5.41) is 1.48. The van der Waals surface area contributed by atoms with Crippen molar-refractivity contribution in [2.75, 3.05) is 25.1 Å². The van der Waals surface area contributed by atoms with Crippen LogP contribution in [0.15, 0.2) is 48.7 Å². The van der Waals surface area contributed by atoms with E-state index in [0.29, 0.717) is 5.39 Å². The number of ether oxygens (including phenoxy) is 1. The highest BCUT2D eigenvalue weighted by atomic mass is 19.1. The van der Waals surface area contributed by atoms with Crippen LogP contribution in [-0.2, 0) is 0 Å². The summed E-state index contributed by atoms with van der Waals surface area (Å²) < 4.78 is 20.4. The number of anilines is 1. The van der Waals surface area contributed by atoms with E-state index in [1.165, 1.54) is 6.07 Å². The van der Waals surface area contributed by atoms with Gasteiger partial charge in [0.05, 0.1) is 12.5 Å². The normalized spacial score (nSPS) is 15.4. The molecule has 0 atom stereocenters. The Hall–Kier alpha value is -2.62. The van der Waals surface area contributed by atoms with Crippen molar-refractivity contribution in [2.24, 2.45) is 5.92 Å². The van der Waals surface area contributed by atoms with Crippen molar-refractivity contribution in [1.29, 1.82) is 0 Å². The molecule has 0 N–H and O–H groups in total. The molecule has 4 rings (SSSR count). The van der Waals surface area contributed by atoms with Crippen molar-refractivity contribution < 1.29 is 9.13 Å². The number of fused-ring (bicyclic) bond motifs is 1. The lowest BCUT2D eigenvalue weighted by Crippen LogP contribution is -2.33. The summed E-state index contributed by atoms with van der Waals surface area (Å²) in [7, 11) is 1.65. The first kappa shape index (κ1) is 16.8. The molecule has 2 aromatic carbocycles. The molecule has 0 aliphatic carbocycles. The van der Waals surface area contributed by atoms with Gasteiger partial charge in [-0.3, -0.25) is 0 Å². The van der Waals surface area contributed by atoms with Crippen molar-refractivity contribution in [1.82, 2.24) is 4.98 Å². The van der Waals surface area contributed by atoms with Crippen molar-refractivity contribution in [3.8, 4) is 16.9 Å². The molecule has 3 aromatic rings. The number of halogens is 1. The van der Waals surface area contributed by atoms with Gasteiger partial charge in [0.2, 0.25) is 0 Å². The Morgan fingerprint density at radius 3 is 2.58 bits per heavy atom. The third-order valence-corrected chi connectivity index (χ3v) is 5.32. The number of hydrogen-bond donors (Lipinski definition) is 0. The predicted octanol–water partition coefficient (Wildman–Crippen LogP) is 5.29. The Morgan fingerprint density at radius 1 is 1.04 bits per heavy atom. The van der Waals surface area contributed by atoms with Crippen LogP contribution in [0.1, 0.15) is 19.8 Å². The smallest absolute Gasteiger partial charge is 0.139 e. The van der Waals surface area contributed by atoms with Crippen LogP contribution in [0.5, 0.6) is 5.75 Å².